The van der Waals surface area contributed by atoms with Gasteiger partial charge in [0.1, 0.15) is 5.60 Å². The van der Waals surface area contributed by atoms with Crippen molar-refractivity contribution < 1.29 is 19.2 Å². The molecular weight excluding hydrogens is 453 g/mol. The Labute approximate surface area is 197 Å². The summed E-state index contributed by atoms with van der Waals surface area (Å²) in [4.78, 5) is 31.7. The van der Waals surface area contributed by atoms with Gasteiger partial charge in [0.05, 0.1) is 16.6 Å². The SMILES string of the molecule is Cc1ccc(CN2CC3(CCN(OC(=O)NCc4ccc(Cl)c(Cl)c4)CC3)OC2=O)cc1. The number of piperidine rings is 1. The van der Waals surface area contributed by atoms with Gasteiger partial charge < -0.3 is 14.9 Å². The second-order valence-corrected chi connectivity index (χ2v) is 9.12. The molecule has 2 aliphatic heterocycles. The summed E-state index contributed by atoms with van der Waals surface area (Å²) in [6, 6.07) is 13.3. The Hall–Kier alpha value is -2.48. The number of carbonyl (C=O) groups excluding carboxylic acids is 2. The maximum absolute atomic E-state index is 12.4. The van der Waals surface area contributed by atoms with E-state index in [1.165, 1.54) is 5.56 Å². The number of nitrogens with zero attached hydrogens (tertiary/aromatic N) is 2. The van der Waals surface area contributed by atoms with E-state index < -0.39 is 11.7 Å². The van der Waals surface area contributed by atoms with Crippen molar-refractivity contribution in [3.8, 4) is 0 Å². The first-order valence-electron chi connectivity index (χ1n) is 10.5. The number of nitrogens with one attached hydrogen (secondary N) is 1. The van der Waals surface area contributed by atoms with E-state index in [2.05, 4.69) is 5.32 Å². The normalized spacial score (nSPS) is 18.0. The number of carbonyl (C=O) groups is 2. The minimum atomic E-state index is -0.545. The third-order valence-electron chi connectivity index (χ3n) is 5.80. The van der Waals surface area contributed by atoms with Crippen molar-refractivity contribution in [2.75, 3.05) is 19.6 Å². The number of hydrogen-bond acceptors (Lipinski definition) is 5. The van der Waals surface area contributed by atoms with Gasteiger partial charge in [-0.2, -0.15) is 0 Å². The molecule has 1 spiro atoms. The van der Waals surface area contributed by atoms with Gasteiger partial charge in [-0.05, 0) is 30.2 Å². The predicted molar refractivity (Wildman–Crippen MR) is 121 cm³/mol. The van der Waals surface area contributed by atoms with Crippen molar-refractivity contribution in [3.63, 3.8) is 0 Å². The number of benzene rings is 2. The highest BCUT2D eigenvalue weighted by atomic mass is 35.5. The van der Waals surface area contributed by atoms with Crippen molar-refractivity contribution in [2.45, 2.75) is 38.5 Å². The van der Waals surface area contributed by atoms with E-state index in [0.29, 0.717) is 49.1 Å². The van der Waals surface area contributed by atoms with Crippen LogP contribution < -0.4 is 5.32 Å². The Morgan fingerprint density at radius 3 is 2.47 bits per heavy atom. The third-order valence-corrected chi connectivity index (χ3v) is 6.54. The molecule has 2 amide bonds. The molecule has 9 heteroatoms. The van der Waals surface area contributed by atoms with Crippen molar-refractivity contribution >= 4 is 35.4 Å². The maximum atomic E-state index is 12.4. The molecule has 2 aromatic rings. The fraction of sp³-hybridized carbons (Fsp3) is 0.391. The van der Waals surface area contributed by atoms with Gasteiger partial charge in [0.15, 0.2) is 0 Å². The van der Waals surface area contributed by atoms with Gasteiger partial charge in [0.25, 0.3) is 0 Å². The van der Waals surface area contributed by atoms with Crippen molar-refractivity contribution in [2.24, 2.45) is 0 Å². The summed E-state index contributed by atoms with van der Waals surface area (Å²) in [6.07, 6.45) is 0.364. The highest BCUT2D eigenvalue weighted by molar-refractivity contribution is 6.42. The van der Waals surface area contributed by atoms with Crippen molar-refractivity contribution in [3.05, 3.63) is 69.2 Å². The van der Waals surface area contributed by atoms with Crippen LogP contribution in [0.1, 0.15) is 29.5 Å². The molecule has 7 nitrogen and oxygen atoms in total. The first-order valence-corrected chi connectivity index (χ1v) is 11.3. The Morgan fingerprint density at radius 1 is 1.09 bits per heavy atom. The van der Waals surface area contributed by atoms with E-state index in [4.69, 9.17) is 32.8 Å². The van der Waals surface area contributed by atoms with Gasteiger partial charge in [0, 0.05) is 39.0 Å². The minimum Gasteiger partial charge on any atom is -0.441 e. The van der Waals surface area contributed by atoms with Gasteiger partial charge in [-0.1, -0.05) is 59.1 Å². The Kier molecular flexibility index (Phi) is 6.79. The first kappa shape index (κ1) is 22.7. The summed E-state index contributed by atoms with van der Waals surface area (Å²) >= 11 is 11.9. The zero-order chi connectivity index (χ0) is 22.7. The number of rotatable bonds is 5. The molecule has 1 N–H and O–H groups in total. The molecule has 4 rings (SSSR count). The smallest absolute Gasteiger partial charge is 0.426 e. The summed E-state index contributed by atoms with van der Waals surface area (Å²) in [5.74, 6) is 0. The molecule has 2 aromatic carbocycles. The molecule has 2 aliphatic rings. The second kappa shape index (κ2) is 9.57. The molecule has 0 radical (unpaired) electrons. The van der Waals surface area contributed by atoms with Crippen LogP contribution in [0.2, 0.25) is 10.0 Å². The van der Waals surface area contributed by atoms with Crippen LogP contribution in [0.25, 0.3) is 0 Å². The topological polar surface area (TPSA) is 71.1 Å². The van der Waals surface area contributed by atoms with Crippen LogP contribution in [-0.4, -0.2) is 47.4 Å². The van der Waals surface area contributed by atoms with Crippen LogP contribution in [0.4, 0.5) is 9.59 Å². The lowest BCUT2D eigenvalue weighted by molar-refractivity contribution is -0.142. The summed E-state index contributed by atoms with van der Waals surface area (Å²) in [7, 11) is 0. The molecule has 2 heterocycles. The average Bonchev–Trinajstić information content (AvgIpc) is 3.07. The van der Waals surface area contributed by atoms with E-state index in [9.17, 15) is 9.59 Å². The quantitative estimate of drug-likeness (QED) is 0.660. The average molecular weight is 478 g/mol. The summed E-state index contributed by atoms with van der Waals surface area (Å²) in [5.41, 5.74) is 2.55. The Morgan fingerprint density at radius 2 is 1.78 bits per heavy atom. The molecule has 0 aliphatic carbocycles. The summed E-state index contributed by atoms with van der Waals surface area (Å²) < 4.78 is 5.76. The fourth-order valence-corrected chi connectivity index (χ4v) is 4.27. The number of ether oxygens (including phenoxy) is 1. The molecule has 0 unspecified atom stereocenters. The highest BCUT2D eigenvalue weighted by Crippen LogP contribution is 2.34. The predicted octanol–water partition coefficient (Wildman–Crippen LogP) is 4.93. The molecule has 2 fully saturated rings. The van der Waals surface area contributed by atoms with Crippen LogP contribution in [0.5, 0.6) is 0 Å². The van der Waals surface area contributed by atoms with E-state index in [1.807, 2.05) is 31.2 Å². The van der Waals surface area contributed by atoms with E-state index in [-0.39, 0.29) is 12.6 Å². The van der Waals surface area contributed by atoms with Gasteiger partial charge in [-0.3, -0.25) is 4.90 Å². The summed E-state index contributed by atoms with van der Waals surface area (Å²) in [6.45, 7) is 4.36. The number of hydrogen-bond donors (Lipinski definition) is 1. The van der Waals surface area contributed by atoms with Crippen molar-refractivity contribution in [1.29, 1.82) is 0 Å². The van der Waals surface area contributed by atoms with Gasteiger partial charge in [-0.15, -0.1) is 5.06 Å². The maximum Gasteiger partial charge on any atom is 0.426 e. The first-order chi connectivity index (χ1) is 15.3. The fourth-order valence-electron chi connectivity index (χ4n) is 3.95. The van der Waals surface area contributed by atoms with Crippen LogP contribution in [0.15, 0.2) is 42.5 Å². The monoisotopic (exact) mass is 477 g/mol. The third kappa shape index (κ3) is 5.46. The lowest BCUT2D eigenvalue weighted by Gasteiger charge is -2.36. The van der Waals surface area contributed by atoms with Gasteiger partial charge in [-0.25, -0.2) is 9.59 Å². The summed E-state index contributed by atoms with van der Waals surface area (Å²) in [5, 5.41) is 5.20. The zero-order valence-electron chi connectivity index (χ0n) is 17.8. The molecular formula is C23H25Cl2N3O4. The standard InChI is InChI=1S/C23H25Cl2N3O4/c1-16-2-4-17(5-3-16)14-27-15-23(31-22(27)30)8-10-28(11-9-23)32-21(29)26-13-18-6-7-19(24)20(25)12-18/h2-7,12H,8-11,13-15H2,1H3,(H,26,29). The Balaban J connectivity index is 1.23. The lowest BCUT2D eigenvalue weighted by atomic mass is 9.92. The van der Waals surface area contributed by atoms with Crippen LogP contribution in [-0.2, 0) is 22.7 Å². The number of halogens is 2. The van der Waals surface area contributed by atoms with Crippen molar-refractivity contribution in [1.82, 2.24) is 15.3 Å². The minimum absolute atomic E-state index is 0.277. The van der Waals surface area contributed by atoms with Gasteiger partial charge in [0.2, 0.25) is 0 Å². The molecule has 0 atom stereocenters. The molecule has 170 valence electrons. The van der Waals surface area contributed by atoms with Crippen LogP contribution >= 0.6 is 23.2 Å². The molecule has 2 saturated heterocycles. The van der Waals surface area contributed by atoms with Gasteiger partial charge >= 0.3 is 12.2 Å². The van der Waals surface area contributed by atoms with E-state index in [0.717, 1.165) is 11.1 Å². The molecule has 32 heavy (non-hydrogen) atoms. The van der Waals surface area contributed by atoms with Crippen LogP contribution in [0.3, 0.4) is 0 Å². The largest absolute Gasteiger partial charge is 0.441 e. The number of hydroxylamine groups is 2. The molecule has 0 bridgehead atoms. The van der Waals surface area contributed by atoms with Crippen LogP contribution in [0, 0.1) is 6.92 Å². The lowest BCUT2D eigenvalue weighted by Crippen LogP contribution is -2.48. The molecule has 0 saturated carbocycles. The molecule has 0 aromatic heterocycles. The second-order valence-electron chi connectivity index (χ2n) is 8.30. The number of aryl methyl sites for hydroxylation is 1. The van der Waals surface area contributed by atoms with E-state index in [1.54, 1.807) is 28.2 Å². The van der Waals surface area contributed by atoms with E-state index >= 15 is 0 Å². The highest BCUT2D eigenvalue weighted by Gasteiger charge is 2.47. The zero-order valence-corrected chi connectivity index (χ0v) is 19.3. The number of amides is 2. The Bertz CT molecular complexity index is 991.